The van der Waals surface area contributed by atoms with Gasteiger partial charge >= 0.3 is 0 Å². The number of hydrogen-bond donors (Lipinski definition) is 1. The Kier molecular flexibility index (Phi) is 9.73. The monoisotopic (exact) mass is 531 g/mol. The van der Waals surface area contributed by atoms with E-state index in [1.54, 1.807) is 6.92 Å². The van der Waals surface area contributed by atoms with Gasteiger partial charge in [-0.15, -0.1) is 0 Å². The molecule has 0 unspecified atom stereocenters. The van der Waals surface area contributed by atoms with Crippen molar-refractivity contribution in [2.45, 2.75) is 33.4 Å². The highest BCUT2D eigenvalue weighted by Gasteiger charge is 2.30. The van der Waals surface area contributed by atoms with E-state index < -0.39 is 34.3 Å². The summed E-state index contributed by atoms with van der Waals surface area (Å²) >= 11 is 12.1. The molecule has 2 rings (SSSR count). The molecule has 186 valence electrons. The Morgan fingerprint density at radius 3 is 2.09 bits per heavy atom. The van der Waals surface area contributed by atoms with Gasteiger partial charge in [0.25, 0.3) is 0 Å². The molecule has 11 heteroatoms. The fraction of sp³-hybridized carbons (Fsp3) is 0.391. The lowest BCUT2D eigenvalue weighted by Crippen LogP contribution is -2.51. The van der Waals surface area contributed by atoms with Gasteiger partial charge in [0.05, 0.1) is 11.9 Å². The maximum absolute atomic E-state index is 13.4. The summed E-state index contributed by atoms with van der Waals surface area (Å²) in [5.74, 6) is -1.25. The van der Waals surface area contributed by atoms with Gasteiger partial charge in [0.15, 0.2) is 0 Å². The molecule has 1 N–H and O–H groups in total. The first-order chi connectivity index (χ1) is 15.8. The van der Waals surface area contributed by atoms with Crippen LogP contribution in [-0.4, -0.2) is 50.5 Å². The lowest BCUT2D eigenvalue weighted by Gasteiger charge is -2.31. The molecule has 0 radical (unpaired) electrons. The van der Waals surface area contributed by atoms with E-state index >= 15 is 0 Å². The summed E-state index contributed by atoms with van der Waals surface area (Å²) in [5.41, 5.74) is 0.696. The molecule has 1 atom stereocenters. The minimum absolute atomic E-state index is 0.0245. The van der Waals surface area contributed by atoms with E-state index in [1.165, 1.54) is 47.4 Å². The van der Waals surface area contributed by atoms with E-state index in [0.717, 1.165) is 10.6 Å². The summed E-state index contributed by atoms with van der Waals surface area (Å²) in [6, 6.07) is 8.78. The molecule has 0 saturated heterocycles. The van der Waals surface area contributed by atoms with Gasteiger partial charge in [-0.1, -0.05) is 49.2 Å². The largest absolute Gasteiger partial charge is 0.354 e. The highest BCUT2D eigenvalue weighted by molar-refractivity contribution is 7.92. The average molecular weight is 532 g/mol. The molecule has 2 amide bonds. The summed E-state index contributed by atoms with van der Waals surface area (Å²) in [6.45, 7) is 5.23. The molecule has 2 aromatic carbocycles. The van der Waals surface area contributed by atoms with E-state index in [9.17, 15) is 22.4 Å². The van der Waals surface area contributed by atoms with E-state index in [4.69, 9.17) is 23.2 Å². The number of benzene rings is 2. The SMILES string of the molecule is CC(C)CNC(=O)[C@H](C)N(Cc1ccc(F)cc1)C(=O)CN(c1cc(Cl)cc(Cl)c1)S(C)(=O)=O. The minimum atomic E-state index is -3.91. The summed E-state index contributed by atoms with van der Waals surface area (Å²) in [7, 11) is -3.91. The Morgan fingerprint density at radius 2 is 1.59 bits per heavy atom. The van der Waals surface area contributed by atoms with Gasteiger partial charge in [-0.05, 0) is 48.7 Å². The van der Waals surface area contributed by atoms with E-state index in [0.29, 0.717) is 12.1 Å². The zero-order valence-corrected chi connectivity index (χ0v) is 21.7. The number of anilines is 1. The molecule has 34 heavy (non-hydrogen) atoms. The number of sulfonamides is 1. The summed E-state index contributed by atoms with van der Waals surface area (Å²) in [5, 5.41) is 3.19. The predicted octanol–water partition coefficient (Wildman–Crippen LogP) is 4.09. The predicted molar refractivity (Wildman–Crippen MR) is 133 cm³/mol. The van der Waals surface area contributed by atoms with Gasteiger partial charge in [-0.2, -0.15) is 0 Å². The smallest absolute Gasteiger partial charge is 0.244 e. The average Bonchev–Trinajstić information content (AvgIpc) is 2.73. The highest BCUT2D eigenvalue weighted by Crippen LogP contribution is 2.27. The number of rotatable bonds is 10. The van der Waals surface area contributed by atoms with Crippen LogP contribution >= 0.6 is 23.2 Å². The standard InChI is InChI=1S/C23H28Cl2FN3O4S/c1-15(2)12-27-23(31)16(3)28(13-17-5-7-20(26)8-6-17)22(30)14-29(34(4,32)33)21-10-18(24)9-19(25)11-21/h5-11,15-16H,12-14H2,1-4H3,(H,27,31)/t16-/m0/s1. The minimum Gasteiger partial charge on any atom is -0.354 e. The lowest BCUT2D eigenvalue weighted by molar-refractivity contribution is -0.139. The first-order valence-electron chi connectivity index (χ1n) is 10.5. The zero-order chi connectivity index (χ0) is 25.6. The molecule has 0 aromatic heterocycles. The number of carbonyl (C=O) groups is 2. The number of nitrogens with one attached hydrogen (secondary N) is 1. The van der Waals surface area contributed by atoms with Crippen LogP contribution in [0.25, 0.3) is 0 Å². The molecule has 0 heterocycles. The van der Waals surface area contributed by atoms with Crippen molar-refractivity contribution in [3.63, 3.8) is 0 Å². The molecule has 0 aliphatic carbocycles. The van der Waals surface area contributed by atoms with Crippen molar-refractivity contribution in [1.29, 1.82) is 0 Å². The van der Waals surface area contributed by atoms with Crippen molar-refractivity contribution >= 4 is 50.7 Å². The molecular formula is C23H28Cl2FN3O4S. The van der Waals surface area contributed by atoms with Crippen LogP contribution in [0.2, 0.25) is 10.0 Å². The van der Waals surface area contributed by atoms with Gasteiger partial charge in [0.2, 0.25) is 21.8 Å². The van der Waals surface area contributed by atoms with E-state index in [2.05, 4.69) is 5.32 Å². The Hall–Kier alpha value is -2.36. The van der Waals surface area contributed by atoms with E-state index in [1.807, 2.05) is 13.8 Å². The third-order valence-electron chi connectivity index (χ3n) is 4.93. The van der Waals surface area contributed by atoms with Crippen LogP contribution in [0.15, 0.2) is 42.5 Å². The van der Waals surface area contributed by atoms with E-state index in [-0.39, 0.29) is 34.1 Å². The van der Waals surface area contributed by atoms with Crippen LogP contribution in [0, 0.1) is 11.7 Å². The molecule has 0 fully saturated rings. The van der Waals surface area contributed by atoms with Gasteiger partial charge < -0.3 is 10.2 Å². The summed E-state index contributed by atoms with van der Waals surface area (Å²) in [4.78, 5) is 27.4. The molecule has 0 aliphatic heterocycles. The fourth-order valence-electron chi connectivity index (χ4n) is 3.12. The summed E-state index contributed by atoms with van der Waals surface area (Å²) < 4.78 is 39.3. The van der Waals surface area contributed by atoms with Crippen molar-refractivity contribution in [2.75, 3.05) is 23.7 Å². The third kappa shape index (κ3) is 8.14. The number of nitrogens with zero attached hydrogens (tertiary/aromatic N) is 2. The number of halogens is 3. The van der Waals surface area contributed by atoms with Crippen molar-refractivity contribution in [3.05, 3.63) is 63.9 Å². The van der Waals surface area contributed by atoms with Crippen LogP contribution in [0.3, 0.4) is 0 Å². The zero-order valence-electron chi connectivity index (χ0n) is 19.4. The summed E-state index contributed by atoms with van der Waals surface area (Å²) in [6.07, 6.45) is 0.957. The quantitative estimate of drug-likeness (QED) is 0.500. The second-order valence-electron chi connectivity index (χ2n) is 8.36. The van der Waals surface area contributed by atoms with Crippen molar-refractivity contribution < 1.29 is 22.4 Å². The maximum Gasteiger partial charge on any atom is 0.244 e. The molecular weight excluding hydrogens is 504 g/mol. The Bertz CT molecular complexity index is 1110. The van der Waals surface area contributed by atoms with Crippen LogP contribution < -0.4 is 9.62 Å². The molecule has 0 spiro atoms. The van der Waals surface area contributed by atoms with Crippen LogP contribution in [-0.2, 0) is 26.2 Å². The number of carbonyl (C=O) groups excluding carboxylic acids is 2. The van der Waals surface area contributed by atoms with Crippen LogP contribution in [0.1, 0.15) is 26.3 Å². The van der Waals surface area contributed by atoms with Gasteiger partial charge in [-0.25, -0.2) is 12.8 Å². The number of hydrogen-bond acceptors (Lipinski definition) is 4. The van der Waals surface area contributed by atoms with Crippen molar-refractivity contribution in [2.24, 2.45) is 5.92 Å². The molecule has 2 aromatic rings. The second kappa shape index (κ2) is 11.9. The molecule has 0 saturated carbocycles. The molecule has 7 nitrogen and oxygen atoms in total. The van der Waals surface area contributed by atoms with Gasteiger partial charge in [0, 0.05) is 23.1 Å². The first kappa shape index (κ1) is 27.9. The van der Waals surface area contributed by atoms with Crippen molar-refractivity contribution in [3.8, 4) is 0 Å². The lowest BCUT2D eigenvalue weighted by atomic mass is 10.1. The topological polar surface area (TPSA) is 86.8 Å². The maximum atomic E-state index is 13.4. The highest BCUT2D eigenvalue weighted by atomic mass is 35.5. The fourth-order valence-corrected chi connectivity index (χ4v) is 4.47. The number of amides is 2. The normalized spacial score (nSPS) is 12.4. The second-order valence-corrected chi connectivity index (χ2v) is 11.1. The van der Waals surface area contributed by atoms with Crippen LogP contribution in [0.4, 0.5) is 10.1 Å². The Labute approximate surface area is 209 Å². The van der Waals surface area contributed by atoms with Crippen molar-refractivity contribution in [1.82, 2.24) is 10.2 Å². The third-order valence-corrected chi connectivity index (χ3v) is 6.51. The first-order valence-corrected chi connectivity index (χ1v) is 13.1. The Balaban J connectivity index is 2.39. The van der Waals surface area contributed by atoms with Gasteiger partial charge in [-0.3, -0.25) is 13.9 Å². The van der Waals surface area contributed by atoms with Gasteiger partial charge in [0.1, 0.15) is 18.4 Å². The molecule has 0 bridgehead atoms. The Morgan fingerprint density at radius 1 is 1.03 bits per heavy atom. The molecule has 0 aliphatic rings. The van der Waals surface area contributed by atoms with Crippen LogP contribution in [0.5, 0.6) is 0 Å².